The van der Waals surface area contributed by atoms with Crippen molar-refractivity contribution in [3.63, 3.8) is 0 Å². The standard InChI is InChI=1S/C17H25NO5/c1-11(6-9-15(19)20)18-16(21)17(2,3)12-7-8-13(22-4)14(10-12)23-5/h7-8,10-11H,6,9H2,1-5H3,(H,18,21)(H,19,20). The average molecular weight is 323 g/mol. The summed E-state index contributed by atoms with van der Waals surface area (Å²) < 4.78 is 10.5. The second-order valence-corrected chi connectivity index (χ2v) is 6.00. The minimum atomic E-state index is -0.870. The molecule has 0 aromatic heterocycles. The molecule has 0 heterocycles. The molecular formula is C17H25NO5. The number of nitrogens with one attached hydrogen (secondary N) is 1. The lowest BCUT2D eigenvalue weighted by molar-refractivity contribution is -0.137. The zero-order valence-electron chi connectivity index (χ0n) is 14.3. The Balaban J connectivity index is 2.88. The number of carbonyl (C=O) groups excluding carboxylic acids is 1. The first-order valence-electron chi connectivity index (χ1n) is 7.47. The van der Waals surface area contributed by atoms with Crippen LogP contribution in [0.5, 0.6) is 11.5 Å². The lowest BCUT2D eigenvalue weighted by Gasteiger charge is -2.27. The van der Waals surface area contributed by atoms with E-state index in [-0.39, 0.29) is 18.4 Å². The van der Waals surface area contributed by atoms with Crippen molar-refractivity contribution in [3.8, 4) is 11.5 Å². The minimum Gasteiger partial charge on any atom is -0.493 e. The van der Waals surface area contributed by atoms with Crippen molar-refractivity contribution < 1.29 is 24.2 Å². The Bertz CT molecular complexity index is 568. The van der Waals surface area contributed by atoms with E-state index in [0.29, 0.717) is 17.9 Å². The van der Waals surface area contributed by atoms with Gasteiger partial charge >= 0.3 is 5.97 Å². The first-order chi connectivity index (χ1) is 10.7. The Morgan fingerprint density at radius 1 is 1.22 bits per heavy atom. The molecule has 0 aliphatic rings. The number of benzene rings is 1. The normalized spacial score (nSPS) is 12.4. The second kappa shape index (κ2) is 7.85. The lowest BCUT2D eigenvalue weighted by Crippen LogP contribution is -2.44. The SMILES string of the molecule is COc1ccc(C(C)(C)C(=O)NC(C)CCC(=O)O)cc1OC. The van der Waals surface area contributed by atoms with Crippen molar-refractivity contribution in [1.29, 1.82) is 0 Å². The van der Waals surface area contributed by atoms with Crippen molar-refractivity contribution >= 4 is 11.9 Å². The van der Waals surface area contributed by atoms with Crippen LogP contribution in [0.3, 0.4) is 0 Å². The summed E-state index contributed by atoms with van der Waals surface area (Å²) in [6, 6.07) is 5.15. The quantitative estimate of drug-likeness (QED) is 0.767. The largest absolute Gasteiger partial charge is 0.493 e. The van der Waals surface area contributed by atoms with Crippen LogP contribution in [0, 0.1) is 0 Å². The zero-order valence-corrected chi connectivity index (χ0v) is 14.3. The van der Waals surface area contributed by atoms with Gasteiger partial charge in [0.2, 0.25) is 5.91 Å². The zero-order chi connectivity index (χ0) is 17.6. The molecule has 6 heteroatoms. The third kappa shape index (κ3) is 4.87. The van der Waals surface area contributed by atoms with Crippen LogP contribution in [-0.2, 0) is 15.0 Å². The molecule has 1 unspecified atom stereocenters. The van der Waals surface area contributed by atoms with E-state index in [4.69, 9.17) is 14.6 Å². The molecule has 0 aliphatic heterocycles. The fraction of sp³-hybridized carbons (Fsp3) is 0.529. The van der Waals surface area contributed by atoms with Crippen molar-refractivity contribution in [1.82, 2.24) is 5.32 Å². The van der Waals surface area contributed by atoms with Crippen LogP contribution < -0.4 is 14.8 Å². The van der Waals surface area contributed by atoms with Gasteiger partial charge in [0.1, 0.15) is 0 Å². The molecule has 23 heavy (non-hydrogen) atoms. The molecule has 1 aromatic rings. The van der Waals surface area contributed by atoms with Gasteiger partial charge in [0.25, 0.3) is 0 Å². The van der Waals surface area contributed by atoms with Crippen molar-refractivity contribution in [2.24, 2.45) is 0 Å². The van der Waals surface area contributed by atoms with E-state index in [1.165, 1.54) is 0 Å². The fourth-order valence-electron chi connectivity index (χ4n) is 2.17. The van der Waals surface area contributed by atoms with Gasteiger partial charge in [-0.25, -0.2) is 0 Å². The molecule has 6 nitrogen and oxygen atoms in total. The Hall–Kier alpha value is -2.24. The van der Waals surface area contributed by atoms with E-state index in [2.05, 4.69) is 5.32 Å². The van der Waals surface area contributed by atoms with Gasteiger partial charge in [-0.2, -0.15) is 0 Å². The molecule has 0 bridgehead atoms. The van der Waals surface area contributed by atoms with E-state index >= 15 is 0 Å². The lowest BCUT2D eigenvalue weighted by atomic mass is 9.83. The summed E-state index contributed by atoms with van der Waals surface area (Å²) >= 11 is 0. The number of carbonyl (C=O) groups is 2. The molecule has 0 saturated carbocycles. The second-order valence-electron chi connectivity index (χ2n) is 6.00. The van der Waals surface area contributed by atoms with Crippen LogP contribution in [0.2, 0.25) is 0 Å². The molecule has 1 aromatic carbocycles. The van der Waals surface area contributed by atoms with E-state index in [9.17, 15) is 9.59 Å². The molecule has 0 spiro atoms. The monoisotopic (exact) mass is 323 g/mol. The van der Waals surface area contributed by atoms with Gasteiger partial charge in [-0.1, -0.05) is 6.07 Å². The van der Waals surface area contributed by atoms with E-state index < -0.39 is 11.4 Å². The number of carboxylic acid groups (broad SMARTS) is 1. The molecule has 1 rings (SSSR count). The minimum absolute atomic E-state index is 0.0260. The average Bonchev–Trinajstić information content (AvgIpc) is 2.51. The van der Waals surface area contributed by atoms with Crippen molar-refractivity contribution in [2.45, 2.75) is 45.1 Å². The summed E-state index contributed by atoms with van der Waals surface area (Å²) in [5.41, 5.74) is 0.00917. The highest BCUT2D eigenvalue weighted by Crippen LogP contribution is 2.33. The highest BCUT2D eigenvalue weighted by Gasteiger charge is 2.31. The van der Waals surface area contributed by atoms with E-state index in [0.717, 1.165) is 5.56 Å². The number of rotatable bonds is 8. The topological polar surface area (TPSA) is 84.9 Å². The van der Waals surface area contributed by atoms with Crippen LogP contribution in [-0.4, -0.2) is 37.2 Å². The number of amides is 1. The summed E-state index contributed by atoms with van der Waals surface area (Å²) in [6.45, 7) is 5.42. The van der Waals surface area contributed by atoms with Gasteiger partial charge in [0.05, 0.1) is 19.6 Å². The highest BCUT2D eigenvalue weighted by atomic mass is 16.5. The van der Waals surface area contributed by atoms with Crippen LogP contribution in [0.1, 0.15) is 39.2 Å². The molecule has 0 aliphatic carbocycles. The van der Waals surface area contributed by atoms with Gasteiger partial charge < -0.3 is 19.9 Å². The van der Waals surface area contributed by atoms with E-state index in [1.54, 1.807) is 33.3 Å². The van der Waals surface area contributed by atoms with Crippen molar-refractivity contribution in [3.05, 3.63) is 23.8 Å². The van der Waals surface area contributed by atoms with Crippen LogP contribution in [0.15, 0.2) is 18.2 Å². The number of carboxylic acids is 1. The van der Waals surface area contributed by atoms with Crippen LogP contribution in [0.25, 0.3) is 0 Å². The smallest absolute Gasteiger partial charge is 0.303 e. The van der Waals surface area contributed by atoms with Crippen molar-refractivity contribution in [2.75, 3.05) is 14.2 Å². The molecule has 1 atom stereocenters. The summed E-state index contributed by atoms with van der Waals surface area (Å²) in [5.74, 6) is 0.125. The molecule has 128 valence electrons. The molecule has 0 fully saturated rings. The van der Waals surface area contributed by atoms with E-state index in [1.807, 2.05) is 19.9 Å². The maximum absolute atomic E-state index is 12.5. The predicted octanol–water partition coefficient (Wildman–Crippen LogP) is 2.35. The number of hydrogen-bond donors (Lipinski definition) is 2. The molecule has 0 radical (unpaired) electrons. The molecule has 0 saturated heterocycles. The molecular weight excluding hydrogens is 298 g/mol. The highest BCUT2D eigenvalue weighted by molar-refractivity contribution is 5.87. The van der Waals surface area contributed by atoms with Gasteiger partial charge in [0.15, 0.2) is 11.5 Å². The van der Waals surface area contributed by atoms with Crippen LogP contribution >= 0.6 is 0 Å². The summed E-state index contributed by atoms with van der Waals surface area (Å²) in [7, 11) is 3.10. The van der Waals surface area contributed by atoms with Gasteiger partial charge in [-0.3, -0.25) is 9.59 Å². The molecule has 1 amide bonds. The first-order valence-corrected chi connectivity index (χ1v) is 7.47. The summed E-state index contributed by atoms with van der Waals surface area (Å²) in [6.07, 6.45) is 0.418. The number of aliphatic carboxylic acids is 1. The van der Waals surface area contributed by atoms with Gasteiger partial charge in [0, 0.05) is 12.5 Å². The Labute approximate surface area is 136 Å². The Kier molecular flexibility index (Phi) is 6.42. The predicted molar refractivity (Wildman–Crippen MR) is 87.0 cm³/mol. The number of hydrogen-bond acceptors (Lipinski definition) is 4. The Morgan fingerprint density at radius 3 is 2.35 bits per heavy atom. The third-order valence-corrected chi connectivity index (χ3v) is 3.84. The van der Waals surface area contributed by atoms with Crippen LogP contribution in [0.4, 0.5) is 0 Å². The fourth-order valence-corrected chi connectivity index (χ4v) is 2.17. The maximum atomic E-state index is 12.5. The number of methoxy groups -OCH3 is 2. The Morgan fingerprint density at radius 2 is 1.83 bits per heavy atom. The first kappa shape index (κ1) is 18.8. The molecule has 2 N–H and O–H groups in total. The van der Waals surface area contributed by atoms with Gasteiger partial charge in [-0.15, -0.1) is 0 Å². The maximum Gasteiger partial charge on any atom is 0.303 e. The summed E-state index contributed by atoms with van der Waals surface area (Å²) in [5, 5.41) is 11.6. The van der Waals surface area contributed by atoms with Gasteiger partial charge in [-0.05, 0) is 44.9 Å². The summed E-state index contributed by atoms with van der Waals surface area (Å²) in [4.78, 5) is 23.1. The third-order valence-electron chi connectivity index (χ3n) is 3.84. The number of ether oxygens (including phenoxy) is 2.